The normalized spacial score (nSPS) is 10.9. The van der Waals surface area contributed by atoms with Gasteiger partial charge in [-0.2, -0.15) is 0 Å². The third kappa shape index (κ3) is 1.88. The lowest BCUT2D eigenvalue weighted by Crippen LogP contribution is -1.81. The van der Waals surface area contributed by atoms with Gasteiger partial charge in [0.05, 0.1) is 16.9 Å². The van der Waals surface area contributed by atoms with Crippen molar-refractivity contribution >= 4 is 28.8 Å². The second-order valence-corrected chi connectivity index (χ2v) is 4.44. The summed E-state index contributed by atoms with van der Waals surface area (Å²) in [5.41, 5.74) is 2.45. The Morgan fingerprint density at radius 1 is 1.18 bits per heavy atom. The highest BCUT2D eigenvalue weighted by molar-refractivity contribution is 6.36. The smallest absolute Gasteiger partial charge is 0.155 e. The molecule has 0 saturated carbocycles. The van der Waals surface area contributed by atoms with E-state index in [2.05, 4.69) is 9.97 Å². The Bertz CT molecular complexity index is 658. The van der Waals surface area contributed by atoms with Gasteiger partial charge in [-0.05, 0) is 18.2 Å². The van der Waals surface area contributed by atoms with Crippen molar-refractivity contribution in [3.05, 3.63) is 53.0 Å². The van der Waals surface area contributed by atoms with Crippen molar-refractivity contribution in [3.8, 4) is 11.3 Å². The van der Waals surface area contributed by atoms with Crippen LogP contribution in [0, 0.1) is 0 Å². The molecule has 0 N–H and O–H groups in total. The van der Waals surface area contributed by atoms with Gasteiger partial charge in [0.1, 0.15) is 0 Å². The largest absolute Gasteiger partial charge is 0.304 e. The van der Waals surface area contributed by atoms with Gasteiger partial charge in [0.2, 0.25) is 0 Å². The molecular weight excluding hydrogens is 257 g/mol. The van der Waals surface area contributed by atoms with Crippen LogP contribution in [-0.4, -0.2) is 14.4 Å². The molecule has 0 atom stereocenters. The van der Waals surface area contributed by atoms with Crippen LogP contribution in [0.2, 0.25) is 10.0 Å². The van der Waals surface area contributed by atoms with Crippen molar-refractivity contribution in [2.75, 3.05) is 0 Å². The molecule has 0 aliphatic carbocycles. The van der Waals surface area contributed by atoms with Gasteiger partial charge in [-0.25, -0.2) is 4.98 Å². The van der Waals surface area contributed by atoms with Gasteiger partial charge in [-0.1, -0.05) is 23.2 Å². The van der Waals surface area contributed by atoms with Crippen molar-refractivity contribution in [2.24, 2.45) is 0 Å². The average Bonchev–Trinajstić information content (AvgIpc) is 2.72. The second kappa shape index (κ2) is 4.02. The number of rotatable bonds is 1. The van der Waals surface area contributed by atoms with E-state index >= 15 is 0 Å². The predicted octanol–water partition coefficient (Wildman–Crippen LogP) is 3.70. The van der Waals surface area contributed by atoms with Crippen molar-refractivity contribution < 1.29 is 0 Å². The van der Waals surface area contributed by atoms with Gasteiger partial charge in [0.25, 0.3) is 0 Å². The molecule has 0 aliphatic rings. The molecule has 0 unspecified atom stereocenters. The van der Waals surface area contributed by atoms with Crippen molar-refractivity contribution in [3.63, 3.8) is 0 Å². The highest BCUT2D eigenvalue weighted by Gasteiger charge is 2.08. The number of nitrogens with zero attached hydrogens (tertiary/aromatic N) is 3. The summed E-state index contributed by atoms with van der Waals surface area (Å²) in [5.74, 6) is 0. The molecule has 5 heteroatoms. The van der Waals surface area contributed by atoms with Crippen LogP contribution in [0.25, 0.3) is 16.9 Å². The summed E-state index contributed by atoms with van der Waals surface area (Å²) in [6, 6.07) is 5.37. The maximum absolute atomic E-state index is 6.14. The molecule has 2 aromatic heterocycles. The number of benzene rings is 1. The Morgan fingerprint density at radius 2 is 2.06 bits per heavy atom. The number of halogens is 2. The third-order valence-corrected chi connectivity index (χ3v) is 3.02. The minimum absolute atomic E-state index is 0.592. The summed E-state index contributed by atoms with van der Waals surface area (Å²) in [6.07, 6.45) is 7.16. The molecule has 0 aliphatic heterocycles. The minimum Gasteiger partial charge on any atom is -0.304 e. The van der Waals surface area contributed by atoms with Gasteiger partial charge in [-0.3, -0.25) is 4.98 Å². The number of hydrogen-bond acceptors (Lipinski definition) is 2. The molecule has 3 nitrogen and oxygen atoms in total. The molecule has 0 amide bonds. The zero-order chi connectivity index (χ0) is 11.8. The number of imidazole rings is 1. The van der Waals surface area contributed by atoms with Crippen LogP contribution in [0.4, 0.5) is 0 Å². The summed E-state index contributed by atoms with van der Waals surface area (Å²) >= 11 is 12.0. The first kappa shape index (κ1) is 10.6. The minimum atomic E-state index is 0.592. The van der Waals surface area contributed by atoms with E-state index < -0.39 is 0 Å². The average molecular weight is 264 g/mol. The number of fused-ring (bicyclic) bond motifs is 1. The van der Waals surface area contributed by atoms with Crippen LogP contribution >= 0.6 is 23.2 Å². The molecule has 17 heavy (non-hydrogen) atoms. The van der Waals surface area contributed by atoms with Gasteiger partial charge in [0, 0.05) is 29.2 Å². The van der Waals surface area contributed by atoms with Crippen molar-refractivity contribution in [1.82, 2.24) is 14.4 Å². The van der Waals surface area contributed by atoms with Gasteiger partial charge >= 0.3 is 0 Å². The molecule has 3 rings (SSSR count). The van der Waals surface area contributed by atoms with E-state index in [9.17, 15) is 0 Å². The fourth-order valence-corrected chi connectivity index (χ4v) is 2.18. The summed E-state index contributed by atoms with van der Waals surface area (Å²) in [5, 5.41) is 1.21. The number of aromatic nitrogens is 3. The Hall–Kier alpha value is -1.58. The molecule has 1 aromatic carbocycles. The quantitative estimate of drug-likeness (QED) is 0.670. The monoisotopic (exact) mass is 263 g/mol. The SMILES string of the molecule is Clc1ccc(-c2cn3ccncc3n2)c(Cl)c1. The zero-order valence-electron chi connectivity index (χ0n) is 8.64. The van der Waals surface area contributed by atoms with Gasteiger partial charge < -0.3 is 4.40 Å². The molecule has 3 aromatic rings. The van der Waals surface area contributed by atoms with Gasteiger partial charge in [-0.15, -0.1) is 0 Å². The Balaban J connectivity index is 2.20. The first-order valence-electron chi connectivity index (χ1n) is 4.98. The molecule has 0 radical (unpaired) electrons. The second-order valence-electron chi connectivity index (χ2n) is 3.59. The summed E-state index contributed by atoms with van der Waals surface area (Å²) in [7, 11) is 0. The standard InChI is InChI=1S/C12H7Cl2N3/c13-8-1-2-9(10(14)5-8)11-7-17-4-3-15-6-12(17)16-11/h1-7H. The lowest BCUT2D eigenvalue weighted by molar-refractivity contribution is 1.13. The zero-order valence-corrected chi connectivity index (χ0v) is 10.2. The van der Waals surface area contributed by atoms with Crippen LogP contribution in [0.3, 0.4) is 0 Å². The maximum atomic E-state index is 6.14. The topological polar surface area (TPSA) is 30.2 Å². The van der Waals surface area contributed by atoms with Crippen molar-refractivity contribution in [1.29, 1.82) is 0 Å². The van der Waals surface area contributed by atoms with E-state index in [1.807, 2.05) is 22.9 Å². The first-order chi connectivity index (χ1) is 8.24. The van der Waals surface area contributed by atoms with Crippen molar-refractivity contribution in [2.45, 2.75) is 0 Å². The molecule has 0 spiro atoms. The van der Waals surface area contributed by atoms with Crippen LogP contribution in [0.5, 0.6) is 0 Å². The van der Waals surface area contributed by atoms with E-state index in [0.717, 1.165) is 16.9 Å². The van der Waals surface area contributed by atoms with E-state index in [0.29, 0.717) is 10.0 Å². The summed E-state index contributed by atoms with van der Waals surface area (Å²) < 4.78 is 1.90. The fraction of sp³-hybridized carbons (Fsp3) is 0. The molecule has 0 fully saturated rings. The maximum Gasteiger partial charge on any atom is 0.155 e. The molecule has 0 saturated heterocycles. The molecule has 2 heterocycles. The van der Waals surface area contributed by atoms with E-state index in [1.165, 1.54) is 0 Å². The summed E-state index contributed by atoms with van der Waals surface area (Å²) in [4.78, 5) is 8.47. The molecule has 84 valence electrons. The van der Waals surface area contributed by atoms with Crippen LogP contribution in [-0.2, 0) is 0 Å². The van der Waals surface area contributed by atoms with Crippen LogP contribution in [0.15, 0.2) is 43.0 Å². The van der Waals surface area contributed by atoms with E-state index in [-0.39, 0.29) is 0 Å². The predicted molar refractivity (Wildman–Crippen MR) is 68.4 cm³/mol. The van der Waals surface area contributed by atoms with Crippen LogP contribution in [0.1, 0.15) is 0 Å². The lowest BCUT2D eigenvalue weighted by atomic mass is 10.2. The Kier molecular flexibility index (Phi) is 2.50. The first-order valence-corrected chi connectivity index (χ1v) is 5.74. The summed E-state index contributed by atoms with van der Waals surface area (Å²) in [6.45, 7) is 0. The molecular formula is C12H7Cl2N3. The lowest BCUT2D eigenvalue weighted by Gasteiger charge is -2.00. The highest BCUT2D eigenvalue weighted by atomic mass is 35.5. The van der Waals surface area contributed by atoms with E-state index in [4.69, 9.17) is 23.2 Å². The van der Waals surface area contributed by atoms with Gasteiger partial charge in [0.15, 0.2) is 5.65 Å². The van der Waals surface area contributed by atoms with Crippen LogP contribution < -0.4 is 0 Å². The highest BCUT2D eigenvalue weighted by Crippen LogP contribution is 2.29. The Labute approximate surface area is 108 Å². The fourth-order valence-electron chi connectivity index (χ4n) is 1.67. The molecule has 0 bridgehead atoms. The third-order valence-electron chi connectivity index (χ3n) is 2.47. The number of hydrogen-bond donors (Lipinski definition) is 0. The van der Waals surface area contributed by atoms with E-state index in [1.54, 1.807) is 24.5 Å². The Morgan fingerprint density at radius 3 is 2.82 bits per heavy atom.